The maximum atomic E-state index is 13.1. The number of aliphatic carboxylic acids is 2. The molecule has 0 unspecified atom stereocenters. The number of carbonyl (C=O) groups excluding carboxylic acids is 1. The number of halogens is 6. The molecule has 2 N–H and O–H groups in total. The number of rotatable bonds is 4. The molecule has 16 heteroatoms. The summed E-state index contributed by atoms with van der Waals surface area (Å²) in [6.45, 7) is 5.14. The SMILES string of the molecule is CO[C@@H]1CCN(C(=O)c2cccc(C)n2)[C@@H]2CN(Cc3ccco3)C[C@@H]21.O=C(O)C(F)(F)F.O=C(O)C(F)(F)F. The van der Waals surface area contributed by atoms with Crippen LogP contribution >= 0.6 is 0 Å². The molecule has 40 heavy (non-hydrogen) atoms. The predicted octanol–water partition coefficient (Wildman–Crippen LogP) is 3.61. The number of nitrogens with zero attached hydrogens (tertiary/aromatic N) is 3. The predicted molar refractivity (Wildman–Crippen MR) is 124 cm³/mol. The third-order valence-electron chi connectivity index (χ3n) is 6.06. The fraction of sp³-hybridized carbons (Fsp3) is 0.500. The zero-order valence-corrected chi connectivity index (χ0v) is 21.3. The van der Waals surface area contributed by atoms with Gasteiger partial charge in [-0.3, -0.25) is 9.69 Å². The third kappa shape index (κ3) is 9.22. The van der Waals surface area contributed by atoms with Gasteiger partial charge < -0.3 is 24.3 Å². The van der Waals surface area contributed by atoms with E-state index in [1.54, 1.807) is 13.4 Å². The first kappa shape index (κ1) is 32.6. The minimum atomic E-state index is -5.08. The lowest BCUT2D eigenvalue weighted by molar-refractivity contribution is -0.193. The van der Waals surface area contributed by atoms with E-state index in [4.69, 9.17) is 29.0 Å². The van der Waals surface area contributed by atoms with Gasteiger partial charge >= 0.3 is 24.3 Å². The number of fused-ring (bicyclic) bond motifs is 1. The summed E-state index contributed by atoms with van der Waals surface area (Å²) in [5.41, 5.74) is 1.40. The van der Waals surface area contributed by atoms with Crippen LogP contribution < -0.4 is 0 Å². The van der Waals surface area contributed by atoms with Gasteiger partial charge in [0.2, 0.25) is 0 Å². The number of amides is 1. The van der Waals surface area contributed by atoms with Gasteiger partial charge in [0.1, 0.15) is 11.5 Å². The second-order valence-corrected chi connectivity index (χ2v) is 8.84. The van der Waals surface area contributed by atoms with Crippen LogP contribution in [0.5, 0.6) is 0 Å². The van der Waals surface area contributed by atoms with Crippen LogP contribution in [-0.4, -0.2) is 94.1 Å². The molecule has 0 bridgehead atoms. The van der Waals surface area contributed by atoms with Crippen molar-refractivity contribution in [1.82, 2.24) is 14.8 Å². The zero-order valence-electron chi connectivity index (χ0n) is 21.3. The fourth-order valence-corrected chi connectivity index (χ4v) is 4.34. The number of pyridine rings is 1. The van der Waals surface area contributed by atoms with Crippen molar-refractivity contribution >= 4 is 17.8 Å². The molecule has 4 rings (SSSR count). The van der Waals surface area contributed by atoms with Gasteiger partial charge in [-0.05, 0) is 37.6 Å². The van der Waals surface area contributed by atoms with Crippen LogP contribution in [0.25, 0.3) is 0 Å². The van der Waals surface area contributed by atoms with E-state index in [-0.39, 0.29) is 18.1 Å². The molecule has 2 aliphatic heterocycles. The zero-order chi connectivity index (χ0) is 30.3. The Morgan fingerprint density at radius 2 is 1.62 bits per heavy atom. The number of carboxylic acid groups (broad SMARTS) is 2. The number of furan rings is 1. The van der Waals surface area contributed by atoms with E-state index in [0.29, 0.717) is 18.2 Å². The summed E-state index contributed by atoms with van der Waals surface area (Å²) < 4.78 is 74.7. The van der Waals surface area contributed by atoms with E-state index >= 15 is 0 Å². The average molecular weight is 583 g/mol. The highest BCUT2D eigenvalue weighted by molar-refractivity contribution is 5.92. The van der Waals surface area contributed by atoms with Gasteiger partial charge in [-0.1, -0.05) is 6.07 Å². The summed E-state index contributed by atoms with van der Waals surface area (Å²) in [6, 6.07) is 9.68. The van der Waals surface area contributed by atoms with Crippen molar-refractivity contribution in [3.8, 4) is 0 Å². The van der Waals surface area contributed by atoms with E-state index in [9.17, 15) is 31.1 Å². The topological polar surface area (TPSA) is 133 Å². The minimum absolute atomic E-state index is 0.0260. The van der Waals surface area contributed by atoms with Gasteiger partial charge in [-0.15, -0.1) is 0 Å². The van der Waals surface area contributed by atoms with Gasteiger partial charge in [-0.2, -0.15) is 26.3 Å². The van der Waals surface area contributed by atoms with Crippen molar-refractivity contribution in [3.05, 3.63) is 53.7 Å². The summed E-state index contributed by atoms with van der Waals surface area (Å²) in [6.07, 6.45) is -7.41. The largest absolute Gasteiger partial charge is 0.490 e. The number of aryl methyl sites for hydroxylation is 1. The quantitative estimate of drug-likeness (QED) is 0.518. The average Bonchev–Trinajstić information content (AvgIpc) is 3.52. The number of likely N-dealkylation sites (tertiary alicyclic amines) is 2. The summed E-state index contributed by atoms with van der Waals surface area (Å²) in [4.78, 5) is 39.7. The Kier molecular flexibility index (Phi) is 11.1. The first-order valence-corrected chi connectivity index (χ1v) is 11.7. The van der Waals surface area contributed by atoms with Crippen LogP contribution in [0.2, 0.25) is 0 Å². The van der Waals surface area contributed by atoms with Gasteiger partial charge in [0.05, 0.1) is 25.0 Å². The van der Waals surface area contributed by atoms with Crippen LogP contribution in [0.4, 0.5) is 26.3 Å². The Balaban J connectivity index is 0.000000333. The first-order chi connectivity index (χ1) is 18.5. The van der Waals surface area contributed by atoms with Gasteiger partial charge in [0.15, 0.2) is 0 Å². The number of hydrogen-bond donors (Lipinski definition) is 2. The normalized spacial score (nSPS) is 20.9. The second kappa shape index (κ2) is 13.6. The van der Waals surface area contributed by atoms with Crippen LogP contribution in [0.15, 0.2) is 41.0 Å². The molecule has 0 aromatic carbocycles. The minimum Gasteiger partial charge on any atom is -0.475 e. The highest BCUT2D eigenvalue weighted by atomic mass is 19.4. The lowest BCUT2D eigenvalue weighted by atomic mass is 9.88. The molecule has 222 valence electrons. The molecule has 0 aliphatic carbocycles. The summed E-state index contributed by atoms with van der Waals surface area (Å²) in [5, 5.41) is 14.2. The summed E-state index contributed by atoms with van der Waals surface area (Å²) in [7, 11) is 1.77. The lowest BCUT2D eigenvalue weighted by Gasteiger charge is -2.41. The Bertz CT molecular complexity index is 1120. The van der Waals surface area contributed by atoms with Crippen molar-refractivity contribution in [2.24, 2.45) is 5.92 Å². The molecular formula is C24H27F6N3O7. The molecule has 0 spiro atoms. The molecule has 3 atom stereocenters. The van der Waals surface area contributed by atoms with E-state index in [1.165, 1.54) is 0 Å². The maximum Gasteiger partial charge on any atom is 0.490 e. The lowest BCUT2D eigenvalue weighted by Crippen LogP contribution is -2.53. The van der Waals surface area contributed by atoms with Gasteiger partial charge in [0, 0.05) is 38.4 Å². The number of aromatic nitrogens is 1. The number of hydrogen-bond acceptors (Lipinski definition) is 7. The molecule has 0 radical (unpaired) electrons. The molecule has 2 aromatic rings. The number of methoxy groups -OCH3 is 1. The molecule has 2 aromatic heterocycles. The van der Waals surface area contributed by atoms with Crippen molar-refractivity contribution in [2.45, 2.75) is 44.4 Å². The maximum absolute atomic E-state index is 13.1. The van der Waals surface area contributed by atoms with Crippen LogP contribution in [-0.2, 0) is 20.9 Å². The van der Waals surface area contributed by atoms with Crippen LogP contribution in [0, 0.1) is 12.8 Å². The van der Waals surface area contributed by atoms with Gasteiger partial charge in [-0.25, -0.2) is 14.6 Å². The molecule has 2 saturated heterocycles. The van der Waals surface area contributed by atoms with Crippen molar-refractivity contribution < 1.29 is 60.1 Å². The molecule has 2 fully saturated rings. The summed E-state index contributed by atoms with van der Waals surface area (Å²) >= 11 is 0. The molecular weight excluding hydrogens is 556 g/mol. The Labute approximate surface area is 224 Å². The standard InChI is InChI=1S/C20H25N3O3.2C2HF3O2/c1-14-5-3-7-17(21-14)20(24)23-9-8-19(25-2)16-12-22(13-18(16)23)11-15-6-4-10-26-15;2*3-2(4,5)1(6)7/h3-7,10,16,18-19H,8-9,11-13H2,1-2H3;2*(H,6,7)/t16-,18+,19+;;/m0../s1. The number of carboxylic acids is 2. The van der Waals surface area contributed by atoms with E-state index in [1.807, 2.05) is 42.2 Å². The first-order valence-electron chi connectivity index (χ1n) is 11.7. The number of ether oxygens (including phenoxy) is 1. The van der Waals surface area contributed by atoms with Crippen molar-refractivity contribution in [1.29, 1.82) is 0 Å². The molecule has 10 nitrogen and oxygen atoms in total. The Morgan fingerprint density at radius 1 is 1.02 bits per heavy atom. The van der Waals surface area contributed by atoms with Crippen LogP contribution in [0.3, 0.4) is 0 Å². The van der Waals surface area contributed by atoms with Gasteiger partial charge in [0.25, 0.3) is 5.91 Å². The number of alkyl halides is 6. The fourth-order valence-electron chi connectivity index (χ4n) is 4.34. The highest BCUT2D eigenvalue weighted by Crippen LogP contribution is 2.34. The second-order valence-electron chi connectivity index (χ2n) is 8.84. The van der Waals surface area contributed by atoms with Crippen molar-refractivity contribution in [3.63, 3.8) is 0 Å². The summed E-state index contributed by atoms with van der Waals surface area (Å²) in [5.74, 6) is -4.22. The van der Waals surface area contributed by atoms with E-state index < -0.39 is 24.3 Å². The highest BCUT2D eigenvalue weighted by Gasteiger charge is 2.46. The number of piperidine rings is 1. The van der Waals surface area contributed by atoms with E-state index in [0.717, 1.165) is 37.5 Å². The van der Waals surface area contributed by atoms with E-state index in [2.05, 4.69) is 9.88 Å². The van der Waals surface area contributed by atoms with Crippen LogP contribution in [0.1, 0.15) is 28.4 Å². The smallest absolute Gasteiger partial charge is 0.475 e. The Hall–Kier alpha value is -3.66. The molecule has 1 amide bonds. The molecule has 4 heterocycles. The number of carbonyl (C=O) groups is 3. The third-order valence-corrected chi connectivity index (χ3v) is 6.06. The monoisotopic (exact) mass is 583 g/mol. The molecule has 0 saturated carbocycles. The Morgan fingerprint density at radius 3 is 2.10 bits per heavy atom. The van der Waals surface area contributed by atoms with Crippen molar-refractivity contribution in [2.75, 3.05) is 26.7 Å². The molecule has 2 aliphatic rings.